The van der Waals surface area contributed by atoms with Gasteiger partial charge in [-0.05, 0) is 76.8 Å². The minimum absolute atomic E-state index is 0.385. The monoisotopic (exact) mass is 848 g/mol. The van der Waals surface area contributed by atoms with Gasteiger partial charge in [-0.2, -0.15) is 10.2 Å². The number of halogens is 1. The molecule has 0 unspecified atom stereocenters. The fourth-order valence-corrected chi connectivity index (χ4v) is 7.85. The summed E-state index contributed by atoms with van der Waals surface area (Å²) in [6.07, 6.45) is 0. The molecule has 0 amide bonds. The van der Waals surface area contributed by atoms with Crippen LogP contribution in [-0.2, 0) is 4.79 Å². The zero-order chi connectivity index (χ0) is 41.4. The molecule has 0 saturated carbocycles. The Labute approximate surface area is 358 Å². The van der Waals surface area contributed by atoms with E-state index in [9.17, 15) is 4.79 Å². The third-order valence-corrected chi connectivity index (χ3v) is 10.8. The summed E-state index contributed by atoms with van der Waals surface area (Å²) >= 11 is 3.65. The molecule has 2 heterocycles. The molecule has 2 aromatic heterocycles. The number of ether oxygens (including phenoxy) is 1. The van der Waals surface area contributed by atoms with Gasteiger partial charge < -0.3 is 9.84 Å². The van der Waals surface area contributed by atoms with Gasteiger partial charge >= 0.3 is 5.97 Å². The molecule has 7 aromatic carbocycles. The molecular formula is C52H41BrN4O3. The quantitative estimate of drug-likeness (QED) is 0.148. The van der Waals surface area contributed by atoms with Crippen LogP contribution < -0.4 is 4.74 Å². The van der Waals surface area contributed by atoms with Crippen molar-refractivity contribution in [2.45, 2.75) is 13.8 Å². The average Bonchev–Trinajstić information content (AvgIpc) is 3.83. The summed E-state index contributed by atoms with van der Waals surface area (Å²) in [4.78, 5) is 10.9. The summed E-state index contributed by atoms with van der Waals surface area (Å²) in [5.74, 6) is -0.503. The highest BCUT2D eigenvalue weighted by atomic mass is 79.9. The maximum Gasteiger partial charge on any atom is 0.341 e. The number of nitrogens with zero attached hydrogens (tertiary/aromatic N) is 4. The Morgan fingerprint density at radius 3 is 1.43 bits per heavy atom. The van der Waals surface area contributed by atoms with Crippen LogP contribution in [-0.4, -0.2) is 37.2 Å². The average molecular weight is 850 g/mol. The van der Waals surface area contributed by atoms with Crippen LogP contribution in [0, 0.1) is 13.8 Å². The van der Waals surface area contributed by atoms with Crippen LogP contribution in [0.15, 0.2) is 199 Å². The van der Waals surface area contributed by atoms with Crippen LogP contribution >= 0.6 is 15.9 Å². The molecule has 60 heavy (non-hydrogen) atoms. The van der Waals surface area contributed by atoms with Gasteiger partial charge in [-0.15, -0.1) is 0 Å². The molecule has 0 radical (unpaired) electrons. The molecular weight excluding hydrogens is 809 g/mol. The van der Waals surface area contributed by atoms with E-state index < -0.39 is 5.97 Å². The molecule has 1 N–H and O–H groups in total. The highest BCUT2D eigenvalue weighted by Crippen LogP contribution is 2.39. The van der Waals surface area contributed by atoms with Gasteiger partial charge in [0.2, 0.25) is 0 Å². The lowest BCUT2D eigenvalue weighted by Gasteiger charge is -2.13. The van der Waals surface area contributed by atoms with Crippen LogP contribution in [0.2, 0.25) is 0 Å². The first-order chi connectivity index (χ1) is 29.4. The summed E-state index contributed by atoms with van der Waals surface area (Å²) in [5, 5.41) is 19.0. The maximum absolute atomic E-state index is 10.9. The Balaban J connectivity index is 0.000000176. The second kappa shape index (κ2) is 18.1. The topological polar surface area (TPSA) is 82.2 Å². The summed E-state index contributed by atoms with van der Waals surface area (Å²) in [7, 11) is 0. The molecule has 9 rings (SSSR count). The summed E-state index contributed by atoms with van der Waals surface area (Å²) in [5.41, 5.74) is 14.6. The minimum Gasteiger partial charge on any atom is -0.482 e. The molecule has 0 atom stereocenters. The highest BCUT2D eigenvalue weighted by Gasteiger charge is 2.22. The lowest BCUT2D eigenvalue weighted by Crippen LogP contribution is -2.09. The van der Waals surface area contributed by atoms with E-state index in [-0.39, 0.29) is 6.61 Å². The summed E-state index contributed by atoms with van der Waals surface area (Å²) in [6, 6.07) is 65.0. The third kappa shape index (κ3) is 8.46. The highest BCUT2D eigenvalue weighted by molar-refractivity contribution is 9.10. The van der Waals surface area contributed by atoms with E-state index >= 15 is 0 Å². The molecule has 0 bridgehead atoms. The molecule has 0 aliphatic heterocycles. The Hall–Kier alpha value is -7.29. The third-order valence-electron chi connectivity index (χ3n) is 10.2. The Morgan fingerprint density at radius 2 is 0.933 bits per heavy atom. The van der Waals surface area contributed by atoms with Crippen molar-refractivity contribution in [2.24, 2.45) is 0 Å². The number of aromatic nitrogens is 4. The van der Waals surface area contributed by atoms with Crippen LogP contribution in [0.3, 0.4) is 0 Å². The van der Waals surface area contributed by atoms with E-state index in [2.05, 4.69) is 109 Å². The van der Waals surface area contributed by atoms with Crippen LogP contribution in [0.5, 0.6) is 5.75 Å². The lowest BCUT2D eigenvalue weighted by atomic mass is 9.99. The van der Waals surface area contributed by atoms with E-state index in [1.807, 2.05) is 119 Å². The number of hydrogen-bond donors (Lipinski definition) is 1. The van der Waals surface area contributed by atoms with Gasteiger partial charge in [0.15, 0.2) is 6.61 Å². The first-order valence-electron chi connectivity index (χ1n) is 19.6. The molecule has 0 aliphatic rings. The predicted octanol–water partition coefficient (Wildman–Crippen LogP) is 12.9. The largest absolute Gasteiger partial charge is 0.482 e. The van der Waals surface area contributed by atoms with Crippen molar-refractivity contribution in [3.63, 3.8) is 0 Å². The van der Waals surface area contributed by atoms with Crippen LogP contribution in [0.25, 0.3) is 67.3 Å². The van der Waals surface area contributed by atoms with Crippen LogP contribution in [0.1, 0.15) is 11.4 Å². The van der Waals surface area contributed by atoms with Gasteiger partial charge in [-0.1, -0.05) is 164 Å². The van der Waals surface area contributed by atoms with E-state index in [1.165, 1.54) is 11.1 Å². The number of carboxylic acids is 1. The molecule has 8 heteroatoms. The zero-order valence-electron chi connectivity index (χ0n) is 33.1. The Kier molecular flexibility index (Phi) is 11.9. The Morgan fingerprint density at radius 1 is 0.517 bits per heavy atom. The first kappa shape index (κ1) is 39.5. The SMILES string of the molecule is Cc1c(-c2ccccc2)c(-c2ccccc2)nn1-c1ccccc1-c1cccc(OCC(=O)O)c1.Cc1c(-c2ccccc2)c(-c2ccccc2)nn1-c1ccccc1Br. The summed E-state index contributed by atoms with van der Waals surface area (Å²) in [6.45, 7) is 3.83. The lowest BCUT2D eigenvalue weighted by molar-refractivity contribution is -0.139. The van der Waals surface area contributed by atoms with Crippen molar-refractivity contribution >= 4 is 21.9 Å². The molecule has 7 nitrogen and oxygen atoms in total. The zero-order valence-corrected chi connectivity index (χ0v) is 34.7. The standard InChI is InChI=1S/C30H24N2O3.C22H17BrN2/c1-21-29(22-11-4-2-5-12-22)30(23-13-6-3-7-14-23)31-32(21)27-18-9-8-17-26(27)24-15-10-16-25(19-24)35-20-28(33)34;1-16-21(17-10-4-2-5-11-17)22(18-12-6-3-7-13-18)24-25(16)20-15-9-8-14-19(20)23/h2-19H,20H2,1H3,(H,33,34);2-15H,1H3. The molecule has 0 saturated heterocycles. The second-order valence-electron chi connectivity index (χ2n) is 14.1. The number of aliphatic carboxylic acids is 1. The number of rotatable bonds is 10. The fraction of sp³-hybridized carbons (Fsp3) is 0.0577. The Bertz CT molecular complexity index is 2870. The van der Waals surface area contributed by atoms with Gasteiger partial charge in [-0.25, -0.2) is 14.2 Å². The van der Waals surface area contributed by atoms with E-state index in [0.717, 1.165) is 72.0 Å². The normalized spacial score (nSPS) is 10.8. The van der Waals surface area contributed by atoms with E-state index in [1.54, 1.807) is 6.07 Å². The fourth-order valence-electron chi connectivity index (χ4n) is 7.40. The van der Waals surface area contributed by atoms with Crippen molar-refractivity contribution < 1.29 is 14.6 Å². The first-order valence-corrected chi connectivity index (χ1v) is 20.4. The number of hydrogen-bond acceptors (Lipinski definition) is 4. The van der Waals surface area contributed by atoms with E-state index in [0.29, 0.717) is 5.75 Å². The smallest absolute Gasteiger partial charge is 0.341 e. The summed E-state index contributed by atoms with van der Waals surface area (Å²) < 4.78 is 10.5. The van der Waals surface area contributed by atoms with Crippen molar-refractivity contribution in [1.82, 2.24) is 19.6 Å². The van der Waals surface area contributed by atoms with Gasteiger partial charge in [-0.3, -0.25) is 0 Å². The van der Waals surface area contributed by atoms with Gasteiger partial charge in [0.05, 0.1) is 11.4 Å². The number of carboxylic acid groups (broad SMARTS) is 1. The molecule has 0 aliphatic carbocycles. The molecule has 0 fully saturated rings. The van der Waals surface area contributed by atoms with Crippen molar-refractivity contribution in [3.8, 4) is 73.0 Å². The van der Waals surface area contributed by atoms with Crippen molar-refractivity contribution in [3.05, 3.63) is 210 Å². The molecule has 9 aromatic rings. The van der Waals surface area contributed by atoms with Gasteiger partial charge in [0.1, 0.15) is 17.1 Å². The van der Waals surface area contributed by atoms with Gasteiger partial charge in [0, 0.05) is 43.7 Å². The number of para-hydroxylation sites is 2. The van der Waals surface area contributed by atoms with Crippen LogP contribution in [0.4, 0.5) is 0 Å². The maximum atomic E-state index is 10.9. The van der Waals surface area contributed by atoms with Crippen molar-refractivity contribution in [2.75, 3.05) is 6.61 Å². The molecule has 294 valence electrons. The minimum atomic E-state index is -1.01. The van der Waals surface area contributed by atoms with E-state index in [4.69, 9.17) is 20.0 Å². The van der Waals surface area contributed by atoms with Gasteiger partial charge in [0.25, 0.3) is 0 Å². The number of carbonyl (C=O) groups is 1. The second-order valence-corrected chi connectivity index (χ2v) is 14.9. The molecule has 0 spiro atoms. The number of benzene rings is 7. The predicted molar refractivity (Wildman–Crippen MR) is 245 cm³/mol. The van der Waals surface area contributed by atoms with Crippen molar-refractivity contribution in [1.29, 1.82) is 0 Å².